The van der Waals surface area contributed by atoms with Crippen molar-refractivity contribution in [1.29, 1.82) is 0 Å². The molecule has 0 heterocycles. The molecular weight excluding hydrogens is 306 g/mol. The van der Waals surface area contributed by atoms with Gasteiger partial charge in [-0.25, -0.2) is 0 Å². The topological polar surface area (TPSA) is 49.3 Å². The Morgan fingerprint density at radius 3 is 2.58 bits per heavy atom. The summed E-state index contributed by atoms with van der Waals surface area (Å²) in [7, 11) is 0. The van der Waals surface area contributed by atoms with E-state index in [1.165, 1.54) is 6.42 Å². The minimum absolute atomic E-state index is 0.0779. The Balaban J connectivity index is 1.98. The fourth-order valence-corrected chi connectivity index (χ4v) is 3.17. The van der Waals surface area contributed by atoms with Crippen LogP contribution < -0.4 is 5.32 Å². The van der Waals surface area contributed by atoms with Crippen LogP contribution in [-0.4, -0.2) is 24.2 Å². The molecule has 0 radical (unpaired) electrons. The van der Waals surface area contributed by atoms with Crippen molar-refractivity contribution in [1.82, 2.24) is 5.32 Å². The first-order chi connectivity index (χ1) is 9.17. The van der Waals surface area contributed by atoms with Crippen LogP contribution in [0.25, 0.3) is 0 Å². The highest BCUT2D eigenvalue weighted by atomic mass is 79.9. The number of hydrogen-bond acceptors (Lipinski definition) is 2. The van der Waals surface area contributed by atoms with Crippen LogP contribution in [0.1, 0.15) is 42.5 Å². The van der Waals surface area contributed by atoms with Gasteiger partial charge in [-0.15, -0.1) is 0 Å². The van der Waals surface area contributed by atoms with Crippen LogP contribution in [0, 0.1) is 5.41 Å². The van der Waals surface area contributed by atoms with E-state index in [9.17, 15) is 9.90 Å². The highest BCUT2D eigenvalue weighted by Gasteiger charge is 2.31. The maximum Gasteiger partial charge on any atom is 0.252 e. The molecule has 1 fully saturated rings. The summed E-state index contributed by atoms with van der Waals surface area (Å²) in [6.45, 7) is 0.715. The standard InChI is InChI=1S/C15H20BrNO2/c16-13-7-3-2-6-12(13)14(19)17-10-15(11-18)8-4-1-5-9-15/h2-3,6-7,18H,1,4-5,8-11H2,(H,17,19). The molecule has 0 aliphatic heterocycles. The molecule has 0 bridgehead atoms. The Kier molecular flexibility index (Phi) is 4.99. The van der Waals surface area contributed by atoms with Gasteiger partial charge in [0.2, 0.25) is 0 Å². The third-order valence-corrected chi connectivity index (χ3v) is 4.68. The molecule has 0 atom stereocenters. The van der Waals surface area contributed by atoms with E-state index in [-0.39, 0.29) is 17.9 Å². The van der Waals surface area contributed by atoms with Crippen molar-refractivity contribution >= 4 is 21.8 Å². The normalized spacial score (nSPS) is 18.0. The zero-order valence-corrected chi connectivity index (χ0v) is 12.6. The minimum Gasteiger partial charge on any atom is -0.396 e. The van der Waals surface area contributed by atoms with Crippen molar-refractivity contribution in [3.05, 3.63) is 34.3 Å². The van der Waals surface area contributed by atoms with Crippen LogP contribution in [-0.2, 0) is 0 Å². The third kappa shape index (κ3) is 3.57. The molecule has 1 saturated carbocycles. The summed E-state index contributed by atoms with van der Waals surface area (Å²) in [5.74, 6) is -0.0779. The summed E-state index contributed by atoms with van der Waals surface area (Å²) in [4.78, 5) is 12.1. The van der Waals surface area contributed by atoms with Crippen molar-refractivity contribution in [2.24, 2.45) is 5.41 Å². The fourth-order valence-electron chi connectivity index (χ4n) is 2.70. The van der Waals surface area contributed by atoms with Crippen molar-refractivity contribution in [2.75, 3.05) is 13.2 Å². The predicted molar refractivity (Wildman–Crippen MR) is 79.1 cm³/mol. The first kappa shape index (κ1) is 14.5. The van der Waals surface area contributed by atoms with Gasteiger partial charge in [-0.2, -0.15) is 0 Å². The fraction of sp³-hybridized carbons (Fsp3) is 0.533. The predicted octanol–water partition coefficient (Wildman–Crippen LogP) is 3.12. The lowest BCUT2D eigenvalue weighted by atomic mass is 9.74. The first-order valence-electron chi connectivity index (χ1n) is 6.80. The summed E-state index contributed by atoms with van der Waals surface area (Å²) in [6, 6.07) is 7.39. The molecule has 3 nitrogen and oxygen atoms in total. The molecule has 1 aromatic rings. The second kappa shape index (κ2) is 6.53. The maximum absolute atomic E-state index is 12.1. The van der Waals surface area contributed by atoms with Gasteiger partial charge in [-0.1, -0.05) is 31.4 Å². The lowest BCUT2D eigenvalue weighted by molar-refractivity contribution is 0.0717. The van der Waals surface area contributed by atoms with Crippen molar-refractivity contribution in [3.63, 3.8) is 0 Å². The van der Waals surface area contributed by atoms with Crippen LogP contribution >= 0.6 is 15.9 Å². The number of benzene rings is 1. The van der Waals surface area contributed by atoms with Gasteiger partial charge in [0, 0.05) is 16.4 Å². The van der Waals surface area contributed by atoms with E-state index in [0.29, 0.717) is 12.1 Å². The molecule has 0 unspecified atom stereocenters. The molecule has 0 aromatic heterocycles. The van der Waals surface area contributed by atoms with Gasteiger partial charge >= 0.3 is 0 Å². The Bertz CT molecular complexity index is 442. The zero-order chi connectivity index (χ0) is 13.7. The molecule has 0 spiro atoms. The summed E-state index contributed by atoms with van der Waals surface area (Å²) in [5.41, 5.74) is 0.529. The number of carbonyl (C=O) groups is 1. The highest BCUT2D eigenvalue weighted by molar-refractivity contribution is 9.10. The SMILES string of the molecule is O=C(NCC1(CO)CCCCC1)c1ccccc1Br. The molecule has 2 rings (SSSR count). The first-order valence-corrected chi connectivity index (χ1v) is 7.60. The average Bonchev–Trinajstić information content (AvgIpc) is 2.46. The number of carbonyl (C=O) groups excluding carboxylic acids is 1. The second-order valence-electron chi connectivity index (χ2n) is 5.38. The van der Waals surface area contributed by atoms with E-state index in [1.807, 2.05) is 18.2 Å². The molecule has 19 heavy (non-hydrogen) atoms. The zero-order valence-electron chi connectivity index (χ0n) is 11.0. The van der Waals surface area contributed by atoms with Gasteiger partial charge in [0.1, 0.15) is 0 Å². The number of amides is 1. The maximum atomic E-state index is 12.1. The monoisotopic (exact) mass is 325 g/mol. The number of hydrogen-bond donors (Lipinski definition) is 2. The molecule has 4 heteroatoms. The molecule has 1 aliphatic carbocycles. The Hall–Kier alpha value is -0.870. The van der Waals surface area contributed by atoms with Crippen LogP contribution in [0.15, 0.2) is 28.7 Å². The number of nitrogens with one attached hydrogen (secondary N) is 1. The average molecular weight is 326 g/mol. The second-order valence-corrected chi connectivity index (χ2v) is 6.24. The summed E-state index contributed by atoms with van der Waals surface area (Å²) in [5, 5.41) is 12.6. The number of aliphatic hydroxyl groups excluding tert-OH is 1. The third-order valence-electron chi connectivity index (χ3n) is 3.99. The van der Waals surface area contributed by atoms with Gasteiger partial charge in [-0.05, 0) is 40.9 Å². The lowest BCUT2D eigenvalue weighted by Gasteiger charge is -2.35. The quantitative estimate of drug-likeness (QED) is 0.893. The summed E-state index contributed by atoms with van der Waals surface area (Å²) < 4.78 is 0.800. The molecule has 1 aliphatic rings. The van der Waals surface area contributed by atoms with E-state index >= 15 is 0 Å². The van der Waals surface area contributed by atoms with E-state index in [1.54, 1.807) is 6.07 Å². The van der Waals surface area contributed by atoms with Crippen LogP contribution in [0.2, 0.25) is 0 Å². The van der Waals surface area contributed by atoms with Gasteiger partial charge in [-0.3, -0.25) is 4.79 Å². The van der Waals surface area contributed by atoms with Gasteiger partial charge in [0.15, 0.2) is 0 Å². The van der Waals surface area contributed by atoms with Crippen LogP contribution in [0.3, 0.4) is 0 Å². The molecule has 1 aromatic carbocycles. The number of aliphatic hydroxyl groups is 1. The molecular formula is C15H20BrNO2. The molecule has 2 N–H and O–H groups in total. The van der Waals surface area contributed by atoms with Gasteiger partial charge in [0.05, 0.1) is 12.2 Å². The summed E-state index contributed by atoms with van der Waals surface area (Å²) in [6.07, 6.45) is 5.52. The van der Waals surface area contributed by atoms with Gasteiger partial charge < -0.3 is 10.4 Å². The number of halogens is 1. The Morgan fingerprint density at radius 2 is 1.95 bits per heavy atom. The Labute approximate surface area is 122 Å². The summed E-state index contributed by atoms with van der Waals surface area (Å²) >= 11 is 3.38. The van der Waals surface area contributed by atoms with E-state index < -0.39 is 0 Å². The Morgan fingerprint density at radius 1 is 1.26 bits per heavy atom. The van der Waals surface area contributed by atoms with Crippen LogP contribution in [0.4, 0.5) is 0 Å². The lowest BCUT2D eigenvalue weighted by Crippen LogP contribution is -2.41. The van der Waals surface area contributed by atoms with E-state index in [4.69, 9.17) is 0 Å². The molecule has 1 amide bonds. The van der Waals surface area contributed by atoms with Gasteiger partial charge in [0.25, 0.3) is 5.91 Å². The molecule has 0 saturated heterocycles. The van der Waals surface area contributed by atoms with Crippen molar-refractivity contribution in [3.8, 4) is 0 Å². The smallest absolute Gasteiger partial charge is 0.252 e. The van der Waals surface area contributed by atoms with Crippen molar-refractivity contribution < 1.29 is 9.90 Å². The number of rotatable bonds is 4. The van der Waals surface area contributed by atoms with E-state index in [0.717, 1.165) is 30.2 Å². The highest BCUT2D eigenvalue weighted by Crippen LogP contribution is 2.35. The van der Waals surface area contributed by atoms with Crippen molar-refractivity contribution in [2.45, 2.75) is 32.1 Å². The minimum atomic E-state index is -0.116. The van der Waals surface area contributed by atoms with E-state index in [2.05, 4.69) is 21.2 Å². The van der Waals surface area contributed by atoms with Crippen LogP contribution in [0.5, 0.6) is 0 Å². The molecule has 104 valence electrons. The largest absolute Gasteiger partial charge is 0.396 e.